The Hall–Kier alpha value is -3.05. The number of rotatable bonds is 5. The molecule has 128 valence electrons. The van der Waals surface area contributed by atoms with E-state index in [1.807, 2.05) is 0 Å². The zero-order valence-electron chi connectivity index (χ0n) is 12.8. The van der Waals surface area contributed by atoms with Crippen molar-refractivity contribution in [2.45, 2.75) is 0 Å². The molecule has 0 bridgehead atoms. The van der Waals surface area contributed by atoms with E-state index in [4.69, 9.17) is 4.74 Å². The summed E-state index contributed by atoms with van der Waals surface area (Å²) in [6, 6.07) is 9.40. The number of anilines is 2. The highest BCUT2D eigenvalue weighted by molar-refractivity contribution is 7.24. The van der Waals surface area contributed by atoms with E-state index in [0.29, 0.717) is 21.3 Å². The van der Waals surface area contributed by atoms with Crippen molar-refractivity contribution in [1.82, 2.24) is 10.2 Å². The van der Waals surface area contributed by atoms with Gasteiger partial charge in [0.1, 0.15) is 5.75 Å². The molecule has 0 aliphatic carbocycles. The van der Waals surface area contributed by atoms with Crippen molar-refractivity contribution in [2.75, 3.05) is 17.7 Å². The highest BCUT2D eigenvalue weighted by Gasteiger charge is 2.15. The fraction of sp³-hybridized carbons (Fsp3) is 0.0714. The molecule has 3 rings (SSSR count). The Labute approximate surface area is 149 Å². The highest BCUT2D eigenvalue weighted by Crippen LogP contribution is 2.35. The molecule has 0 unspecified atom stereocenters. The van der Waals surface area contributed by atoms with Crippen molar-refractivity contribution in [3.05, 3.63) is 46.5 Å². The summed E-state index contributed by atoms with van der Waals surface area (Å²) in [5.74, 6) is 0.685. The first-order valence-electron chi connectivity index (χ1n) is 6.85. The number of amides is 2. The Balaban J connectivity index is 1.63. The Morgan fingerprint density at radius 2 is 1.88 bits per heavy atom. The number of urea groups is 1. The fourth-order valence-corrected chi connectivity index (χ4v) is 3.46. The van der Waals surface area contributed by atoms with Crippen LogP contribution in [0.25, 0.3) is 9.88 Å². The number of hydrogen-bond donors (Lipinski definition) is 2. The standard InChI is InChI=1S/C14H11N5O4S2/c1-23-9-4-2-8(3-5-9)15-13(20)16-14-18-17-12(25-14)10-6-7-11(24-10)19(21)22/h2-7H,1H3,(H2,15,16,18,20). The quantitative estimate of drug-likeness (QED) is 0.515. The summed E-state index contributed by atoms with van der Waals surface area (Å²) in [7, 11) is 1.56. The van der Waals surface area contributed by atoms with Crippen molar-refractivity contribution < 1.29 is 14.5 Å². The van der Waals surface area contributed by atoms with E-state index in [9.17, 15) is 14.9 Å². The van der Waals surface area contributed by atoms with Crippen molar-refractivity contribution >= 4 is 44.5 Å². The zero-order valence-corrected chi connectivity index (χ0v) is 14.4. The zero-order chi connectivity index (χ0) is 17.8. The molecule has 25 heavy (non-hydrogen) atoms. The number of benzene rings is 1. The smallest absolute Gasteiger partial charge is 0.325 e. The molecule has 0 aliphatic rings. The van der Waals surface area contributed by atoms with Crippen LogP contribution >= 0.6 is 22.7 Å². The van der Waals surface area contributed by atoms with Crippen LogP contribution in [0.2, 0.25) is 0 Å². The van der Waals surface area contributed by atoms with Crippen molar-refractivity contribution in [3.63, 3.8) is 0 Å². The third-order valence-corrected chi connectivity index (χ3v) is 5.02. The average molecular weight is 377 g/mol. The predicted octanol–water partition coefficient (Wildman–Crippen LogP) is 3.83. The molecule has 0 saturated carbocycles. The maximum atomic E-state index is 12.0. The summed E-state index contributed by atoms with van der Waals surface area (Å²) in [6.45, 7) is 0. The maximum absolute atomic E-state index is 12.0. The van der Waals surface area contributed by atoms with Crippen LogP contribution in [0.1, 0.15) is 0 Å². The van der Waals surface area contributed by atoms with Gasteiger partial charge in [0, 0.05) is 11.8 Å². The molecule has 0 saturated heterocycles. The second-order valence-electron chi connectivity index (χ2n) is 4.61. The lowest BCUT2D eigenvalue weighted by atomic mass is 10.3. The molecule has 0 atom stereocenters. The lowest BCUT2D eigenvalue weighted by molar-refractivity contribution is -0.380. The molecule has 2 aromatic heterocycles. The largest absolute Gasteiger partial charge is 0.497 e. The number of nitrogens with zero attached hydrogens (tertiary/aromatic N) is 3. The minimum Gasteiger partial charge on any atom is -0.497 e. The molecular formula is C14H11N5O4S2. The first-order valence-corrected chi connectivity index (χ1v) is 8.48. The van der Waals surface area contributed by atoms with E-state index in [0.717, 1.165) is 22.7 Å². The van der Waals surface area contributed by atoms with Gasteiger partial charge in [-0.3, -0.25) is 15.4 Å². The Kier molecular flexibility index (Phi) is 4.86. The molecule has 0 aliphatic heterocycles. The minimum absolute atomic E-state index is 0.0250. The van der Waals surface area contributed by atoms with Crippen LogP contribution in [0.5, 0.6) is 5.75 Å². The van der Waals surface area contributed by atoms with E-state index >= 15 is 0 Å². The van der Waals surface area contributed by atoms with Crippen LogP contribution in [-0.4, -0.2) is 28.3 Å². The lowest BCUT2D eigenvalue weighted by Crippen LogP contribution is -2.19. The van der Waals surface area contributed by atoms with E-state index in [-0.39, 0.29) is 10.1 Å². The monoisotopic (exact) mass is 377 g/mol. The van der Waals surface area contributed by atoms with Gasteiger partial charge in [-0.1, -0.05) is 22.7 Å². The summed E-state index contributed by atoms with van der Waals surface area (Å²) in [5.41, 5.74) is 0.594. The van der Waals surface area contributed by atoms with Gasteiger partial charge in [0.25, 0.3) is 0 Å². The number of nitro groups is 1. The van der Waals surface area contributed by atoms with Crippen molar-refractivity contribution in [1.29, 1.82) is 0 Å². The molecule has 3 aromatic rings. The van der Waals surface area contributed by atoms with Crippen LogP contribution < -0.4 is 15.4 Å². The van der Waals surface area contributed by atoms with E-state index in [2.05, 4.69) is 20.8 Å². The Bertz CT molecular complexity index is 906. The van der Waals surface area contributed by atoms with E-state index in [1.54, 1.807) is 37.4 Å². The highest BCUT2D eigenvalue weighted by atomic mass is 32.1. The second-order valence-corrected chi connectivity index (χ2v) is 6.65. The third-order valence-electron chi connectivity index (χ3n) is 2.98. The topological polar surface area (TPSA) is 119 Å². The van der Waals surface area contributed by atoms with Gasteiger partial charge < -0.3 is 10.1 Å². The number of methoxy groups -OCH3 is 1. The van der Waals surface area contributed by atoms with E-state index < -0.39 is 11.0 Å². The predicted molar refractivity (Wildman–Crippen MR) is 95.5 cm³/mol. The van der Waals surface area contributed by atoms with Crippen molar-refractivity contribution in [2.24, 2.45) is 0 Å². The summed E-state index contributed by atoms with van der Waals surface area (Å²) >= 11 is 2.13. The van der Waals surface area contributed by atoms with Gasteiger partial charge in [-0.2, -0.15) is 0 Å². The second kappa shape index (κ2) is 7.23. The molecule has 0 fully saturated rings. The van der Waals surface area contributed by atoms with Crippen molar-refractivity contribution in [3.8, 4) is 15.6 Å². The molecule has 9 nitrogen and oxygen atoms in total. The molecule has 1 aromatic carbocycles. The molecule has 2 heterocycles. The number of hydrogen-bond acceptors (Lipinski definition) is 8. The number of ether oxygens (including phenoxy) is 1. The van der Waals surface area contributed by atoms with Gasteiger partial charge in [-0.15, -0.1) is 10.2 Å². The summed E-state index contributed by atoms with van der Waals surface area (Å²) in [4.78, 5) is 22.9. The van der Waals surface area contributed by atoms with Gasteiger partial charge in [0.05, 0.1) is 16.9 Å². The SMILES string of the molecule is COc1ccc(NC(=O)Nc2nnc(-c3ccc([N+](=O)[O-])s3)s2)cc1. The summed E-state index contributed by atoms with van der Waals surface area (Å²) < 4.78 is 5.05. The molecule has 2 amide bonds. The van der Waals surface area contributed by atoms with Crippen LogP contribution in [0, 0.1) is 10.1 Å². The number of aromatic nitrogens is 2. The number of carbonyl (C=O) groups is 1. The number of thiophene rings is 1. The Morgan fingerprint density at radius 1 is 1.12 bits per heavy atom. The first-order chi connectivity index (χ1) is 12.0. The van der Waals surface area contributed by atoms with Gasteiger partial charge in [0.15, 0.2) is 5.01 Å². The fourth-order valence-electron chi connectivity index (χ4n) is 1.85. The Morgan fingerprint density at radius 3 is 2.52 bits per heavy atom. The molecule has 11 heteroatoms. The summed E-state index contributed by atoms with van der Waals surface area (Å²) in [6.07, 6.45) is 0. The van der Waals surface area contributed by atoms with Gasteiger partial charge >= 0.3 is 11.0 Å². The lowest BCUT2D eigenvalue weighted by Gasteiger charge is -2.05. The maximum Gasteiger partial charge on any atom is 0.325 e. The normalized spacial score (nSPS) is 10.3. The van der Waals surface area contributed by atoms with Gasteiger partial charge in [-0.05, 0) is 30.3 Å². The molecule has 0 spiro atoms. The van der Waals surface area contributed by atoms with Crippen LogP contribution in [0.4, 0.5) is 20.6 Å². The number of nitrogens with one attached hydrogen (secondary N) is 2. The molecular weight excluding hydrogens is 366 g/mol. The number of carbonyl (C=O) groups excluding carboxylic acids is 1. The average Bonchev–Trinajstić information content (AvgIpc) is 3.24. The third kappa shape index (κ3) is 4.08. The molecule has 2 N–H and O–H groups in total. The van der Waals surface area contributed by atoms with Gasteiger partial charge in [0.2, 0.25) is 5.13 Å². The minimum atomic E-state index is -0.468. The van der Waals surface area contributed by atoms with Crippen LogP contribution in [0.15, 0.2) is 36.4 Å². The first kappa shape index (κ1) is 16.8. The summed E-state index contributed by atoms with van der Waals surface area (Å²) in [5, 5.41) is 24.6. The van der Waals surface area contributed by atoms with Crippen LogP contribution in [-0.2, 0) is 0 Å². The van der Waals surface area contributed by atoms with Crippen LogP contribution in [0.3, 0.4) is 0 Å². The molecule has 0 radical (unpaired) electrons. The van der Waals surface area contributed by atoms with Gasteiger partial charge in [-0.25, -0.2) is 4.79 Å². The van der Waals surface area contributed by atoms with E-state index in [1.165, 1.54) is 6.07 Å².